The quantitative estimate of drug-likeness (QED) is 0.299. The standard InChI is InChI=1S/C24H45B7N2O4/c1-10(2)9-22(27)21(37-20(34)16(32)11(3)4)23(28,29)19-13-12(7-8-33(19)24(22,30)31)14(25)17(35-5)18(36-6)15(13)26/h10-11,16,19,21H,7-9,25-32H2,1-6H3/t16-,19?,21?,22?/m0/s1. The Morgan fingerprint density at radius 3 is 2.05 bits per heavy atom. The fraction of sp³-hybridized carbons (Fsp3) is 0.708. The van der Waals surface area contributed by atoms with Gasteiger partial charge in [0.05, 0.1) is 20.3 Å². The minimum atomic E-state index is -0.646. The Morgan fingerprint density at radius 2 is 1.57 bits per heavy atom. The van der Waals surface area contributed by atoms with Gasteiger partial charge in [0.15, 0.2) is 11.5 Å². The Bertz CT molecular complexity index is 1050. The van der Waals surface area contributed by atoms with E-state index in [0.29, 0.717) is 5.92 Å². The maximum Gasteiger partial charge on any atom is 0.323 e. The summed E-state index contributed by atoms with van der Waals surface area (Å²) in [7, 11) is 19.3. The number of rotatable bonds is 7. The fourth-order valence-corrected chi connectivity index (χ4v) is 7.67. The van der Waals surface area contributed by atoms with Gasteiger partial charge in [-0.3, -0.25) is 4.79 Å². The summed E-state index contributed by atoms with van der Waals surface area (Å²) in [5.41, 5.74) is 11.2. The smallest absolute Gasteiger partial charge is 0.323 e. The first-order chi connectivity index (χ1) is 17.0. The molecule has 0 radical (unpaired) electrons. The number of methoxy groups -OCH3 is 2. The second-order valence-corrected chi connectivity index (χ2v) is 13.5. The first kappa shape index (κ1) is 30.2. The lowest BCUT2D eigenvalue weighted by atomic mass is 9.27. The summed E-state index contributed by atoms with van der Waals surface area (Å²) >= 11 is 0. The van der Waals surface area contributed by atoms with Gasteiger partial charge in [-0.25, -0.2) is 0 Å². The predicted octanol–water partition coefficient (Wildman–Crippen LogP) is -4.83. The van der Waals surface area contributed by atoms with E-state index in [4.69, 9.17) is 19.9 Å². The highest BCUT2D eigenvalue weighted by molar-refractivity contribution is 6.48. The fourth-order valence-electron chi connectivity index (χ4n) is 7.67. The minimum absolute atomic E-state index is 0.0112. The zero-order valence-corrected chi connectivity index (χ0v) is 25.7. The van der Waals surface area contributed by atoms with Crippen LogP contribution in [-0.4, -0.2) is 104 Å². The van der Waals surface area contributed by atoms with Crippen LogP contribution in [0.15, 0.2) is 0 Å². The van der Waals surface area contributed by atoms with Crippen LogP contribution in [0.5, 0.6) is 11.5 Å². The maximum atomic E-state index is 13.4. The molecule has 0 aromatic heterocycles. The second kappa shape index (κ2) is 10.3. The number of nitrogens with zero attached hydrogens (tertiary/aromatic N) is 1. The molecule has 0 amide bonds. The highest BCUT2D eigenvalue weighted by atomic mass is 16.5. The third-order valence-electron chi connectivity index (χ3n) is 9.80. The average molecular weight is 501 g/mol. The molecule has 6 nitrogen and oxygen atoms in total. The van der Waals surface area contributed by atoms with Crippen molar-refractivity contribution in [2.45, 2.75) is 74.6 Å². The zero-order valence-electron chi connectivity index (χ0n) is 25.7. The molecular formula is C24H45B7N2O4. The Labute approximate surface area is 231 Å². The van der Waals surface area contributed by atoms with Crippen LogP contribution in [0, 0.1) is 11.8 Å². The summed E-state index contributed by atoms with van der Waals surface area (Å²) in [5.74, 6) is 1.76. The molecule has 0 bridgehead atoms. The van der Waals surface area contributed by atoms with Crippen LogP contribution < -0.4 is 26.1 Å². The summed E-state index contributed by atoms with van der Waals surface area (Å²) in [5, 5.41) is -0.919. The molecule has 0 aliphatic carbocycles. The zero-order chi connectivity index (χ0) is 28.2. The van der Waals surface area contributed by atoms with Gasteiger partial charge in [-0.1, -0.05) is 27.7 Å². The number of fused-ring (bicyclic) bond motifs is 3. The van der Waals surface area contributed by atoms with Crippen molar-refractivity contribution in [2.75, 3.05) is 20.8 Å². The molecule has 0 spiro atoms. The molecule has 13 heteroatoms. The Balaban J connectivity index is 2.31. The third kappa shape index (κ3) is 4.60. The average Bonchev–Trinajstić information content (AvgIpc) is 2.81. The van der Waals surface area contributed by atoms with Crippen molar-refractivity contribution in [1.29, 1.82) is 0 Å². The lowest BCUT2D eigenvalue weighted by Crippen LogP contribution is -2.73. The number of carbonyl (C=O) groups is 1. The number of hydrogen-bond donors (Lipinski definition) is 1. The minimum Gasteiger partial charge on any atom is -0.493 e. The van der Waals surface area contributed by atoms with Gasteiger partial charge in [0.25, 0.3) is 0 Å². The molecule has 3 rings (SSSR count). The normalized spacial score (nSPS) is 27.3. The number of piperidine rings is 1. The topological polar surface area (TPSA) is 74.0 Å². The third-order valence-corrected chi connectivity index (χ3v) is 9.80. The summed E-state index contributed by atoms with van der Waals surface area (Å²) in [6, 6.07) is -0.606. The molecule has 2 aliphatic rings. The summed E-state index contributed by atoms with van der Waals surface area (Å²) in [4.78, 5) is 16.1. The van der Waals surface area contributed by atoms with Gasteiger partial charge in [0.1, 0.15) is 61.0 Å². The molecule has 196 valence electrons. The summed E-state index contributed by atoms with van der Waals surface area (Å²) in [6.45, 7) is 9.40. The van der Waals surface area contributed by atoms with Crippen LogP contribution in [0.1, 0.15) is 51.3 Å². The maximum absolute atomic E-state index is 13.4. The molecule has 37 heavy (non-hydrogen) atoms. The number of ether oxygens (including phenoxy) is 3. The predicted molar refractivity (Wildman–Crippen MR) is 172 cm³/mol. The van der Waals surface area contributed by atoms with E-state index in [0.717, 1.165) is 41.8 Å². The van der Waals surface area contributed by atoms with E-state index in [1.165, 1.54) is 11.1 Å². The van der Waals surface area contributed by atoms with Crippen LogP contribution in [-0.2, 0) is 16.0 Å². The van der Waals surface area contributed by atoms with E-state index in [1.54, 1.807) is 14.2 Å². The SMILES string of the molecule is Bc1c2c(c(B)c(OC)c1OC)C1N(CC2)C(B)(B)C(B)(CC(C)C)C(OC(=O)[C@@H](N)C(C)C)C1(B)B. The monoisotopic (exact) mass is 502 g/mol. The number of carbonyl (C=O) groups excluding carboxylic acids is 1. The molecule has 2 heterocycles. The van der Waals surface area contributed by atoms with E-state index in [9.17, 15) is 4.79 Å². The highest BCUT2D eigenvalue weighted by Gasteiger charge is 2.65. The van der Waals surface area contributed by atoms with Crippen LogP contribution >= 0.6 is 0 Å². The van der Waals surface area contributed by atoms with Gasteiger partial charge >= 0.3 is 5.97 Å². The largest absolute Gasteiger partial charge is 0.493 e. The molecule has 0 saturated carbocycles. The number of esters is 1. The van der Waals surface area contributed by atoms with Crippen molar-refractivity contribution in [3.05, 3.63) is 11.1 Å². The molecule has 3 unspecified atom stereocenters. The molecule has 1 aromatic carbocycles. The summed E-state index contributed by atoms with van der Waals surface area (Å²) < 4.78 is 18.3. The van der Waals surface area contributed by atoms with E-state index in [1.807, 2.05) is 13.8 Å². The molecule has 1 saturated heterocycles. The van der Waals surface area contributed by atoms with Crippen LogP contribution in [0.4, 0.5) is 0 Å². The molecule has 1 fully saturated rings. The van der Waals surface area contributed by atoms with Crippen LogP contribution in [0.25, 0.3) is 0 Å². The summed E-state index contributed by atoms with van der Waals surface area (Å²) in [6.07, 6.45) is 1.56. The van der Waals surface area contributed by atoms with Crippen LogP contribution in [0.2, 0.25) is 10.5 Å². The number of hydrogen-bond acceptors (Lipinski definition) is 6. The van der Waals surface area contributed by atoms with Gasteiger partial charge in [-0.05, 0) is 62.6 Å². The van der Waals surface area contributed by atoms with Gasteiger partial charge in [-0.2, -0.15) is 0 Å². The van der Waals surface area contributed by atoms with E-state index in [-0.39, 0.29) is 34.7 Å². The van der Waals surface area contributed by atoms with Gasteiger partial charge in [0, 0.05) is 12.6 Å². The molecule has 2 aliphatic heterocycles. The van der Waals surface area contributed by atoms with Crippen molar-refractivity contribution in [1.82, 2.24) is 4.90 Å². The van der Waals surface area contributed by atoms with E-state index >= 15 is 0 Å². The molecule has 2 N–H and O–H groups in total. The van der Waals surface area contributed by atoms with Crippen molar-refractivity contribution in [3.63, 3.8) is 0 Å². The van der Waals surface area contributed by atoms with Gasteiger partial charge in [0.2, 0.25) is 0 Å². The van der Waals surface area contributed by atoms with Gasteiger partial charge < -0.3 is 24.8 Å². The number of benzene rings is 1. The van der Waals surface area contributed by atoms with Crippen molar-refractivity contribution >= 4 is 71.8 Å². The van der Waals surface area contributed by atoms with E-state index < -0.39 is 11.3 Å². The Hall–Kier alpha value is -1.34. The lowest BCUT2D eigenvalue weighted by Gasteiger charge is -2.69. The molecule has 1 aromatic rings. The molecule has 4 atom stereocenters. The first-order valence-electron chi connectivity index (χ1n) is 14.0. The van der Waals surface area contributed by atoms with Gasteiger partial charge in [-0.15, -0.1) is 0 Å². The first-order valence-corrected chi connectivity index (χ1v) is 14.0. The Morgan fingerprint density at radius 1 is 1.03 bits per heavy atom. The lowest BCUT2D eigenvalue weighted by molar-refractivity contribution is -0.163. The second-order valence-electron chi connectivity index (χ2n) is 13.5. The van der Waals surface area contributed by atoms with Crippen molar-refractivity contribution in [2.24, 2.45) is 17.6 Å². The highest BCUT2D eigenvalue weighted by Crippen LogP contribution is 2.64. The van der Waals surface area contributed by atoms with Crippen molar-refractivity contribution in [3.8, 4) is 11.5 Å². The van der Waals surface area contributed by atoms with E-state index in [2.05, 4.69) is 73.7 Å². The van der Waals surface area contributed by atoms with Crippen molar-refractivity contribution < 1.29 is 19.0 Å². The Kier molecular flexibility index (Phi) is 8.44. The van der Waals surface area contributed by atoms with Crippen LogP contribution in [0.3, 0.4) is 0 Å². The molecular weight excluding hydrogens is 456 g/mol. The number of nitrogens with two attached hydrogens (primary N) is 1.